The third kappa shape index (κ3) is 5.15. The number of benzene rings is 1. The maximum atomic E-state index is 12.3. The molecule has 2 heterocycles. The molecule has 1 aliphatic rings. The van der Waals surface area contributed by atoms with Crippen LogP contribution in [-0.2, 0) is 14.3 Å². The highest BCUT2D eigenvalue weighted by molar-refractivity contribution is 5.93. The molecule has 0 saturated carbocycles. The number of amides is 1. The molecule has 1 N–H and O–H groups in total. The van der Waals surface area contributed by atoms with Gasteiger partial charge < -0.3 is 19.4 Å². The Hall–Kier alpha value is -2.86. The molecule has 0 atom stereocenters. The Morgan fingerprint density at radius 2 is 2.14 bits per heavy atom. The number of aromatic nitrogens is 2. The van der Waals surface area contributed by atoms with Crippen LogP contribution in [-0.4, -0.2) is 35.3 Å². The number of ether oxygens (including phenoxy) is 2. The minimum absolute atomic E-state index is 0.00606. The van der Waals surface area contributed by atoms with Gasteiger partial charge in [0, 0.05) is 29.2 Å². The number of imidazole rings is 1. The Kier molecular flexibility index (Phi) is 6.88. The first-order valence-corrected chi connectivity index (χ1v) is 10.1. The summed E-state index contributed by atoms with van der Waals surface area (Å²) in [5.41, 5.74) is 4.74. The average molecular weight is 396 g/mol. The van der Waals surface area contributed by atoms with Crippen molar-refractivity contribution in [1.29, 1.82) is 0 Å². The van der Waals surface area contributed by atoms with Crippen LogP contribution in [0.5, 0.6) is 0 Å². The van der Waals surface area contributed by atoms with Gasteiger partial charge in [0.05, 0.1) is 37.8 Å². The van der Waals surface area contributed by atoms with Crippen molar-refractivity contribution in [3.05, 3.63) is 59.7 Å². The number of hydrogen-bond acceptors (Lipinski definition) is 4. The molecule has 1 amide bonds. The van der Waals surface area contributed by atoms with Crippen LogP contribution in [0, 0.1) is 19.8 Å². The zero-order valence-corrected chi connectivity index (χ0v) is 17.6. The normalized spacial score (nSPS) is 15.2. The smallest absolute Gasteiger partial charge is 0.232 e. The lowest BCUT2D eigenvalue weighted by atomic mass is 10.0. The van der Waals surface area contributed by atoms with E-state index in [1.807, 2.05) is 55.8 Å². The lowest BCUT2D eigenvalue weighted by molar-refractivity contribution is -0.133. The first kappa shape index (κ1) is 20.9. The van der Waals surface area contributed by atoms with Crippen LogP contribution in [0.1, 0.15) is 37.1 Å². The van der Waals surface area contributed by atoms with E-state index in [1.54, 1.807) is 6.33 Å². The summed E-state index contributed by atoms with van der Waals surface area (Å²) in [6.07, 6.45) is 8.85. The average Bonchev–Trinajstić information content (AvgIpc) is 3.07. The molecule has 1 aliphatic heterocycles. The molecule has 6 heteroatoms. The van der Waals surface area contributed by atoms with E-state index < -0.39 is 0 Å². The number of nitrogens with zero attached hydrogens (tertiary/aromatic N) is 2. The monoisotopic (exact) mass is 395 g/mol. The molecular weight excluding hydrogens is 366 g/mol. The Morgan fingerprint density at radius 3 is 2.72 bits per heavy atom. The van der Waals surface area contributed by atoms with E-state index in [0.717, 1.165) is 40.4 Å². The Balaban J connectivity index is 1.94. The van der Waals surface area contributed by atoms with Crippen LogP contribution < -0.4 is 5.32 Å². The third-order valence-electron chi connectivity index (χ3n) is 4.78. The first-order chi connectivity index (χ1) is 14.0. The van der Waals surface area contributed by atoms with Gasteiger partial charge in [0.25, 0.3) is 0 Å². The number of nitrogens with one attached hydrogen (secondary N) is 1. The van der Waals surface area contributed by atoms with Crippen molar-refractivity contribution in [2.75, 3.05) is 25.1 Å². The lowest BCUT2D eigenvalue weighted by Gasteiger charge is -2.25. The van der Waals surface area contributed by atoms with E-state index in [-0.39, 0.29) is 11.8 Å². The van der Waals surface area contributed by atoms with Gasteiger partial charge in [-0.05, 0) is 44.9 Å². The van der Waals surface area contributed by atoms with Crippen molar-refractivity contribution in [2.24, 2.45) is 5.92 Å². The van der Waals surface area contributed by atoms with E-state index in [0.29, 0.717) is 19.8 Å². The second-order valence-electron chi connectivity index (χ2n) is 7.15. The lowest BCUT2D eigenvalue weighted by Crippen LogP contribution is -2.38. The van der Waals surface area contributed by atoms with E-state index >= 15 is 0 Å². The molecule has 1 aromatic heterocycles. The van der Waals surface area contributed by atoms with E-state index in [1.165, 1.54) is 0 Å². The van der Waals surface area contributed by atoms with E-state index in [9.17, 15) is 4.79 Å². The Bertz CT molecular complexity index is 923. The maximum Gasteiger partial charge on any atom is 0.232 e. The number of carbonyl (C=O) groups is 1. The minimum atomic E-state index is -0.0646. The Morgan fingerprint density at radius 1 is 1.34 bits per heavy atom. The van der Waals surface area contributed by atoms with E-state index in [4.69, 9.17) is 9.47 Å². The highest BCUT2D eigenvalue weighted by Crippen LogP contribution is 2.27. The summed E-state index contributed by atoms with van der Waals surface area (Å²) >= 11 is 0. The van der Waals surface area contributed by atoms with Gasteiger partial charge in [0.15, 0.2) is 0 Å². The molecule has 0 radical (unpaired) electrons. The quantitative estimate of drug-likeness (QED) is 0.531. The van der Waals surface area contributed by atoms with Crippen LogP contribution in [0.25, 0.3) is 11.5 Å². The van der Waals surface area contributed by atoms with Gasteiger partial charge in [0.2, 0.25) is 5.91 Å². The standard InChI is InChI=1S/C23H29N3O3/c1-5-7-20(26-12-17(4)24-15-26)11-22(29-6-2)21-10-19(9-8-16(21)3)25-23(27)18-13-28-14-18/h7-12,15,18H,5-6,13-14H2,1-4H3,(H,25,27)/b20-7-,22-11+. The fraction of sp³-hybridized carbons (Fsp3) is 0.391. The molecule has 0 aliphatic carbocycles. The number of allylic oxidation sites excluding steroid dienone is 3. The summed E-state index contributed by atoms with van der Waals surface area (Å²) in [6, 6.07) is 5.89. The van der Waals surface area contributed by atoms with Gasteiger partial charge in [-0.25, -0.2) is 4.98 Å². The Labute approximate surface area is 172 Å². The summed E-state index contributed by atoms with van der Waals surface area (Å²) in [5.74, 6) is 0.692. The number of carbonyl (C=O) groups excluding carboxylic acids is 1. The van der Waals surface area contributed by atoms with Crippen LogP contribution in [0.2, 0.25) is 0 Å². The predicted molar refractivity (Wildman–Crippen MR) is 115 cm³/mol. The molecule has 0 bridgehead atoms. The molecule has 0 spiro atoms. The van der Waals surface area contributed by atoms with Crippen LogP contribution >= 0.6 is 0 Å². The van der Waals surface area contributed by atoms with Gasteiger partial charge in [0.1, 0.15) is 5.76 Å². The third-order valence-corrected chi connectivity index (χ3v) is 4.78. The highest BCUT2D eigenvalue weighted by Gasteiger charge is 2.26. The van der Waals surface area contributed by atoms with Crippen molar-refractivity contribution in [1.82, 2.24) is 9.55 Å². The molecule has 1 aromatic carbocycles. The zero-order valence-electron chi connectivity index (χ0n) is 17.6. The maximum absolute atomic E-state index is 12.3. The van der Waals surface area contributed by atoms with Crippen molar-refractivity contribution in [3.8, 4) is 0 Å². The van der Waals surface area contributed by atoms with Gasteiger partial charge in [-0.3, -0.25) is 4.79 Å². The van der Waals surface area contributed by atoms with Gasteiger partial charge in [-0.1, -0.05) is 19.1 Å². The number of anilines is 1. The summed E-state index contributed by atoms with van der Waals surface area (Å²) in [4.78, 5) is 16.6. The molecule has 154 valence electrons. The largest absolute Gasteiger partial charge is 0.493 e. The van der Waals surface area contributed by atoms with Crippen LogP contribution in [0.3, 0.4) is 0 Å². The molecule has 2 aromatic rings. The van der Waals surface area contributed by atoms with Gasteiger partial charge in [-0.2, -0.15) is 0 Å². The minimum Gasteiger partial charge on any atom is -0.493 e. The molecule has 1 saturated heterocycles. The molecule has 1 fully saturated rings. The fourth-order valence-corrected chi connectivity index (χ4v) is 3.09. The van der Waals surface area contributed by atoms with E-state index in [2.05, 4.69) is 23.3 Å². The summed E-state index contributed by atoms with van der Waals surface area (Å²) < 4.78 is 13.1. The van der Waals surface area contributed by atoms with Crippen molar-refractivity contribution in [3.63, 3.8) is 0 Å². The SMILES string of the molecule is CC/C=C(/C=C(/OCC)c1cc(NC(=O)C2COC2)ccc1C)n1cnc(C)c1. The topological polar surface area (TPSA) is 65.4 Å². The number of rotatable bonds is 8. The van der Waals surface area contributed by atoms with Crippen LogP contribution in [0.4, 0.5) is 5.69 Å². The second-order valence-corrected chi connectivity index (χ2v) is 7.15. The van der Waals surface area contributed by atoms with Crippen molar-refractivity contribution < 1.29 is 14.3 Å². The molecule has 0 unspecified atom stereocenters. The zero-order chi connectivity index (χ0) is 20.8. The van der Waals surface area contributed by atoms with Crippen molar-refractivity contribution >= 4 is 23.1 Å². The summed E-state index contributed by atoms with van der Waals surface area (Å²) in [6.45, 7) is 9.60. The predicted octanol–water partition coefficient (Wildman–Crippen LogP) is 4.41. The summed E-state index contributed by atoms with van der Waals surface area (Å²) in [5, 5.41) is 2.99. The first-order valence-electron chi connectivity index (χ1n) is 10.1. The van der Waals surface area contributed by atoms with Crippen molar-refractivity contribution in [2.45, 2.75) is 34.1 Å². The van der Waals surface area contributed by atoms with Gasteiger partial charge >= 0.3 is 0 Å². The molecular formula is C23H29N3O3. The van der Waals surface area contributed by atoms with Gasteiger partial charge in [-0.15, -0.1) is 0 Å². The summed E-state index contributed by atoms with van der Waals surface area (Å²) in [7, 11) is 0. The highest BCUT2D eigenvalue weighted by atomic mass is 16.5. The molecule has 3 rings (SSSR count). The molecule has 6 nitrogen and oxygen atoms in total. The molecule has 29 heavy (non-hydrogen) atoms. The number of hydrogen-bond donors (Lipinski definition) is 1. The number of aryl methyl sites for hydroxylation is 2. The van der Waals surface area contributed by atoms with Crippen LogP contribution in [0.15, 0.2) is 42.9 Å². The fourth-order valence-electron chi connectivity index (χ4n) is 3.09. The second kappa shape index (κ2) is 9.56.